The van der Waals surface area contributed by atoms with Crippen LogP contribution in [0.2, 0.25) is 0 Å². The van der Waals surface area contributed by atoms with Gasteiger partial charge in [0.2, 0.25) is 5.91 Å². The van der Waals surface area contributed by atoms with Gasteiger partial charge in [0, 0.05) is 25.6 Å². The van der Waals surface area contributed by atoms with Crippen LogP contribution in [-0.4, -0.2) is 53.6 Å². The summed E-state index contributed by atoms with van der Waals surface area (Å²) in [6.07, 6.45) is -0.759. The Morgan fingerprint density at radius 3 is 2.83 bits per heavy atom. The predicted molar refractivity (Wildman–Crippen MR) is 78.6 cm³/mol. The first-order valence-electron chi connectivity index (χ1n) is 7.06. The summed E-state index contributed by atoms with van der Waals surface area (Å²) in [6.45, 7) is 1.95. The molecule has 2 N–H and O–H groups in total. The Balaban J connectivity index is 2.13. The third-order valence-electron chi connectivity index (χ3n) is 3.35. The van der Waals surface area contributed by atoms with Crippen LogP contribution in [0.3, 0.4) is 0 Å². The molecule has 23 heavy (non-hydrogen) atoms. The lowest BCUT2D eigenvalue weighted by Gasteiger charge is -2.32. The van der Waals surface area contributed by atoms with E-state index in [1.165, 1.54) is 24.0 Å². The van der Waals surface area contributed by atoms with Gasteiger partial charge in [0.1, 0.15) is 5.82 Å². The third kappa shape index (κ3) is 4.49. The van der Waals surface area contributed by atoms with Crippen LogP contribution in [0.25, 0.3) is 0 Å². The topological polar surface area (TPSA) is 95.9 Å². The van der Waals surface area contributed by atoms with E-state index in [0.29, 0.717) is 6.54 Å². The summed E-state index contributed by atoms with van der Waals surface area (Å²) >= 11 is 0. The molecule has 8 heteroatoms. The van der Waals surface area contributed by atoms with Crippen LogP contribution in [0.1, 0.15) is 23.7 Å². The number of hydrogen-bond donors (Lipinski definition) is 2. The summed E-state index contributed by atoms with van der Waals surface area (Å²) in [7, 11) is 0. The van der Waals surface area contributed by atoms with Crippen molar-refractivity contribution in [3.8, 4) is 0 Å². The fourth-order valence-electron chi connectivity index (χ4n) is 2.35. The summed E-state index contributed by atoms with van der Waals surface area (Å²) in [4.78, 5) is 35.7. The molecule has 2 amide bonds. The standard InChI is InChI=1S/C15H17FN2O5/c1-9(19)17-13-6-10(2-3-12(13)16)15(22)18-4-5-23-11(8-18)7-14(20)21/h2-3,6,11H,4-5,7-8H2,1H3,(H,17,19)(H,20,21). The number of ether oxygens (including phenoxy) is 1. The minimum atomic E-state index is -1.00. The number of halogens is 1. The van der Waals surface area contributed by atoms with E-state index >= 15 is 0 Å². The molecular formula is C15H17FN2O5. The van der Waals surface area contributed by atoms with E-state index in [0.717, 1.165) is 6.07 Å². The van der Waals surface area contributed by atoms with Gasteiger partial charge in [0.25, 0.3) is 5.91 Å². The number of carbonyl (C=O) groups excluding carboxylic acids is 2. The molecule has 0 aliphatic carbocycles. The van der Waals surface area contributed by atoms with Crippen molar-refractivity contribution in [3.05, 3.63) is 29.6 Å². The van der Waals surface area contributed by atoms with Crippen LogP contribution in [0.15, 0.2) is 18.2 Å². The first kappa shape index (κ1) is 16.9. The van der Waals surface area contributed by atoms with Crippen LogP contribution in [0.5, 0.6) is 0 Å². The van der Waals surface area contributed by atoms with Gasteiger partial charge in [0.15, 0.2) is 0 Å². The van der Waals surface area contributed by atoms with E-state index in [2.05, 4.69) is 5.32 Å². The number of benzene rings is 1. The summed E-state index contributed by atoms with van der Waals surface area (Å²) in [5, 5.41) is 11.1. The normalized spacial score (nSPS) is 17.7. The predicted octanol–water partition coefficient (Wildman–Crippen LogP) is 1.10. The molecule has 1 aliphatic rings. The first-order chi connectivity index (χ1) is 10.9. The van der Waals surface area contributed by atoms with Gasteiger partial charge in [0.05, 0.1) is 24.8 Å². The van der Waals surface area contributed by atoms with Gasteiger partial charge in [-0.25, -0.2) is 4.39 Å². The Bertz CT molecular complexity index is 634. The quantitative estimate of drug-likeness (QED) is 0.864. The molecule has 0 bridgehead atoms. The summed E-state index contributed by atoms with van der Waals surface area (Å²) < 4.78 is 18.9. The largest absolute Gasteiger partial charge is 0.481 e. The lowest BCUT2D eigenvalue weighted by molar-refractivity contribution is -0.141. The number of morpholine rings is 1. The molecule has 0 saturated carbocycles. The molecule has 0 spiro atoms. The van der Waals surface area contributed by atoms with E-state index in [9.17, 15) is 18.8 Å². The van der Waals surface area contributed by atoms with Gasteiger partial charge in [-0.15, -0.1) is 0 Å². The maximum atomic E-state index is 13.6. The van der Waals surface area contributed by atoms with E-state index in [1.54, 1.807) is 0 Å². The number of carboxylic acid groups (broad SMARTS) is 1. The van der Waals surface area contributed by atoms with Crippen LogP contribution >= 0.6 is 0 Å². The van der Waals surface area contributed by atoms with E-state index < -0.39 is 23.8 Å². The minimum absolute atomic E-state index is 0.0707. The lowest BCUT2D eigenvalue weighted by Crippen LogP contribution is -2.46. The second-order valence-electron chi connectivity index (χ2n) is 5.22. The number of hydrogen-bond acceptors (Lipinski definition) is 4. The molecule has 1 aromatic rings. The highest BCUT2D eigenvalue weighted by molar-refractivity contribution is 5.97. The molecule has 1 aliphatic heterocycles. The summed E-state index contributed by atoms with van der Waals surface area (Å²) in [5.74, 6) is -2.45. The average Bonchev–Trinajstić information content (AvgIpc) is 2.48. The van der Waals surface area contributed by atoms with Crippen molar-refractivity contribution in [2.75, 3.05) is 25.0 Å². The Kier molecular flexibility index (Phi) is 5.28. The smallest absolute Gasteiger partial charge is 0.306 e. The van der Waals surface area contributed by atoms with Crippen LogP contribution in [0, 0.1) is 5.82 Å². The zero-order valence-electron chi connectivity index (χ0n) is 12.5. The summed E-state index contributed by atoms with van der Waals surface area (Å²) in [6, 6.07) is 3.69. The zero-order valence-corrected chi connectivity index (χ0v) is 12.5. The molecule has 7 nitrogen and oxygen atoms in total. The van der Waals surface area contributed by atoms with Crippen molar-refractivity contribution >= 4 is 23.5 Å². The summed E-state index contributed by atoms with van der Waals surface area (Å²) in [5.41, 5.74) is 0.143. The number of anilines is 1. The number of aliphatic carboxylic acids is 1. The molecule has 1 fully saturated rings. The number of rotatable bonds is 4. The second-order valence-corrected chi connectivity index (χ2v) is 5.22. The average molecular weight is 324 g/mol. The maximum Gasteiger partial charge on any atom is 0.306 e. The fraction of sp³-hybridized carbons (Fsp3) is 0.400. The van der Waals surface area contributed by atoms with Crippen LogP contribution in [-0.2, 0) is 14.3 Å². The van der Waals surface area contributed by atoms with Crippen molar-refractivity contribution in [1.82, 2.24) is 4.90 Å². The molecular weight excluding hydrogens is 307 g/mol. The highest BCUT2D eigenvalue weighted by Gasteiger charge is 2.27. The Morgan fingerprint density at radius 1 is 1.43 bits per heavy atom. The second kappa shape index (κ2) is 7.19. The number of amides is 2. The van der Waals surface area contributed by atoms with Crippen molar-refractivity contribution < 1.29 is 28.6 Å². The molecule has 1 unspecified atom stereocenters. The zero-order chi connectivity index (χ0) is 17.0. The van der Waals surface area contributed by atoms with Crippen LogP contribution < -0.4 is 5.32 Å². The van der Waals surface area contributed by atoms with Gasteiger partial charge in [-0.05, 0) is 18.2 Å². The van der Waals surface area contributed by atoms with E-state index in [4.69, 9.17) is 9.84 Å². The Hall–Kier alpha value is -2.48. The van der Waals surface area contributed by atoms with E-state index in [1.807, 2.05) is 0 Å². The number of nitrogens with one attached hydrogen (secondary N) is 1. The number of nitrogens with zero attached hydrogens (tertiary/aromatic N) is 1. The molecule has 1 heterocycles. The van der Waals surface area contributed by atoms with Crippen molar-refractivity contribution in [3.63, 3.8) is 0 Å². The molecule has 0 radical (unpaired) electrons. The molecule has 1 atom stereocenters. The Labute approximate surface area is 132 Å². The fourth-order valence-corrected chi connectivity index (χ4v) is 2.35. The van der Waals surface area contributed by atoms with Gasteiger partial charge in [-0.1, -0.05) is 0 Å². The minimum Gasteiger partial charge on any atom is -0.481 e. The van der Waals surface area contributed by atoms with Crippen LogP contribution in [0.4, 0.5) is 10.1 Å². The van der Waals surface area contributed by atoms with Gasteiger partial charge >= 0.3 is 5.97 Å². The third-order valence-corrected chi connectivity index (χ3v) is 3.35. The SMILES string of the molecule is CC(=O)Nc1cc(C(=O)N2CCOC(CC(=O)O)C2)ccc1F. The Morgan fingerprint density at radius 2 is 2.17 bits per heavy atom. The van der Waals surface area contributed by atoms with Crippen molar-refractivity contribution in [1.29, 1.82) is 0 Å². The number of carboxylic acids is 1. The van der Waals surface area contributed by atoms with Crippen molar-refractivity contribution in [2.45, 2.75) is 19.4 Å². The molecule has 0 aromatic heterocycles. The first-order valence-corrected chi connectivity index (χ1v) is 7.06. The highest BCUT2D eigenvalue weighted by atomic mass is 19.1. The highest BCUT2D eigenvalue weighted by Crippen LogP contribution is 2.19. The van der Waals surface area contributed by atoms with Gasteiger partial charge in [-0.2, -0.15) is 0 Å². The molecule has 1 saturated heterocycles. The molecule has 124 valence electrons. The van der Waals surface area contributed by atoms with Gasteiger partial charge < -0.3 is 20.1 Å². The monoisotopic (exact) mass is 324 g/mol. The van der Waals surface area contributed by atoms with Crippen molar-refractivity contribution in [2.24, 2.45) is 0 Å². The number of carbonyl (C=O) groups is 3. The van der Waals surface area contributed by atoms with E-state index in [-0.39, 0.29) is 36.7 Å². The van der Waals surface area contributed by atoms with Gasteiger partial charge in [-0.3, -0.25) is 14.4 Å². The maximum absolute atomic E-state index is 13.6. The lowest BCUT2D eigenvalue weighted by atomic mass is 10.1. The molecule has 2 rings (SSSR count). The molecule has 1 aromatic carbocycles.